The molecule has 1 aliphatic rings. The highest BCUT2D eigenvalue weighted by Crippen LogP contribution is 2.37. The number of guanidine groups is 1. The molecule has 0 heterocycles. The van der Waals surface area contributed by atoms with Gasteiger partial charge in [0, 0.05) is 19.6 Å². The van der Waals surface area contributed by atoms with Gasteiger partial charge in [-0.05, 0) is 42.0 Å². The Hall–Kier alpha value is -2.24. The number of alkyl halides is 3. The Morgan fingerprint density at radius 3 is 2.42 bits per heavy atom. The fourth-order valence-electron chi connectivity index (χ4n) is 3.58. The van der Waals surface area contributed by atoms with Crippen molar-refractivity contribution < 1.29 is 13.2 Å². The van der Waals surface area contributed by atoms with Gasteiger partial charge in [-0.25, -0.2) is 0 Å². The summed E-state index contributed by atoms with van der Waals surface area (Å²) in [7, 11) is 1.68. The minimum atomic E-state index is -4.07. The largest absolute Gasteiger partial charge is 0.391 e. The maximum atomic E-state index is 12.8. The van der Waals surface area contributed by atoms with Gasteiger partial charge in [0.15, 0.2) is 5.96 Å². The molecule has 0 unspecified atom stereocenters. The van der Waals surface area contributed by atoms with Gasteiger partial charge in [0.1, 0.15) is 0 Å². The Morgan fingerprint density at radius 1 is 1.04 bits per heavy atom. The fraction of sp³-hybridized carbons (Fsp3) is 0.450. The van der Waals surface area contributed by atoms with Crippen LogP contribution in [0.5, 0.6) is 0 Å². The summed E-state index contributed by atoms with van der Waals surface area (Å²) in [6.07, 6.45) is -2.68. The van der Waals surface area contributed by atoms with Gasteiger partial charge in [-0.1, -0.05) is 42.5 Å². The zero-order chi connectivity index (χ0) is 18.6. The van der Waals surface area contributed by atoms with Crippen LogP contribution >= 0.6 is 0 Å². The smallest absolute Gasteiger partial charge is 0.354 e. The van der Waals surface area contributed by atoms with Crippen LogP contribution in [0, 0.1) is 5.92 Å². The third-order valence-electron chi connectivity index (χ3n) is 5.08. The predicted octanol–water partition coefficient (Wildman–Crippen LogP) is 4.63. The molecule has 26 heavy (non-hydrogen) atoms. The summed E-state index contributed by atoms with van der Waals surface area (Å²) in [4.78, 5) is 4.22. The van der Waals surface area contributed by atoms with E-state index >= 15 is 0 Å². The topological polar surface area (TPSA) is 36.4 Å². The lowest BCUT2D eigenvalue weighted by molar-refractivity contribution is -0.182. The van der Waals surface area contributed by atoms with Crippen LogP contribution in [-0.2, 0) is 6.54 Å². The number of halogens is 3. The lowest BCUT2D eigenvalue weighted by Crippen LogP contribution is -2.45. The van der Waals surface area contributed by atoms with Gasteiger partial charge in [-0.15, -0.1) is 0 Å². The highest BCUT2D eigenvalue weighted by molar-refractivity contribution is 5.86. The summed E-state index contributed by atoms with van der Waals surface area (Å²) in [6, 6.07) is 14.4. The minimum Gasteiger partial charge on any atom is -0.354 e. The predicted molar refractivity (Wildman–Crippen MR) is 99.1 cm³/mol. The molecule has 0 aromatic heterocycles. The van der Waals surface area contributed by atoms with Crippen LogP contribution in [0.25, 0.3) is 10.8 Å². The third kappa shape index (κ3) is 4.48. The highest BCUT2D eigenvalue weighted by Gasteiger charge is 2.41. The Bertz CT molecular complexity index is 757. The first-order chi connectivity index (χ1) is 12.5. The second kappa shape index (κ2) is 7.98. The molecule has 1 fully saturated rings. The first-order valence-electron chi connectivity index (χ1n) is 8.98. The van der Waals surface area contributed by atoms with Crippen molar-refractivity contribution in [2.75, 3.05) is 7.05 Å². The molecule has 2 N–H and O–H groups in total. The first-order valence-corrected chi connectivity index (χ1v) is 8.98. The van der Waals surface area contributed by atoms with E-state index in [0.717, 1.165) is 5.56 Å². The summed E-state index contributed by atoms with van der Waals surface area (Å²) >= 11 is 0. The summed E-state index contributed by atoms with van der Waals surface area (Å²) in [5.41, 5.74) is 1.16. The average Bonchev–Trinajstić information content (AvgIpc) is 2.64. The van der Waals surface area contributed by atoms with Gasteiger partial charge in [0.2, 0.25) is 0 Å². The van der Waals surface area contributed by atoms with E-state index in [1.165, 1.54) is 10.8 Å². The van der Waals surface area contributed by atoms with Gasteiger partial charge in [0.05, 0.1) is 5.92 Å². The molecule has 0 radical (unpaired) electrons. The molecule has 3 rings (SSSR count). The molecular weight excluding hydrogens is 339 g/mol. The van der Waals surface area contributed by atoms with Crippen molar-refractivity contribution >= 4 is 16.7 Å². The van der Waals surface area contributed by atoms with Crippen LogP contribution in [0.3, 0.4) is 0 Å². The maximum absolute atomic E-state index is 12.8. The van der Waals surface area contributed by atoms with Crippen molar-refractivity contribution in [3.63, 3.8) is 0 Å². The fourth-order valence-corrected chi connectivity index (χ4v) is 3.58. The standard InChI is InChI=1S/C20H24F3N3/c1-24-19(26-17-11-9-16(10-12-17)20(21,22)23)25-13-15-7-4-6-14-5-2-3-8-18(14)15/h2-8,16-17H,9-13H2,1H3,(H2,24,25,26). The van der Waals surface area contributed by atoms with E-state index in [2.05, 4.69) is 39.9 Å². The first kappa shape index (κ1) is 18.5. The summed E-state index contributed by atoms with van der Waals surface area (Å²) < 4.78 is 38.3. The number of hydrogen-bond acceptors (Lipinski definition) is 1. The third-order valence-corrected chi connectivity index (χ3v) is 5.08. The van der Waals surface area contributed by atoms with Crippen molar-refractivity contribution in [2.45, 2.75) is 44.4 Å². The van der Waals surface area contributed by atoms with E-state index in [9.17, 15) is 13.2 Å². The van der Waals surface area contributed by atoms with Crippen molar-refractivity contribution in [1.82, 2.24) is 10.6 Å². The zero-order valence-corrected chi connectivity index (χ0v) is 14.8. The number of fused-ring (bicyclic) bond motifs is 1. The molecule has 0 amide bonds. The van der Waals surface area contributed by atoms with Gasteiger partial charge < -0.3 is 10.6 Å². The second-order valence-corrected chi connectivity index (χ2v) is 6.80. The molecule has 1 aliphatic carbocycles. The molecule has 3 nitrogen and oxygen atoms in total. The Balaban J connectivity index is 1.56. The van der Waals surface area contributed by atoms with Crippen LogP contribution in [0.4, 0.5) is 13.2 Å². The van der Waals surface area contributed by atoms with E-state index in [0.29, 0.717) is 25.3 Å². The molecule has 140 valence electrons. The molecule has 0 bridgehead atoms. The van der Waals surface area contributed by atoms with Crippen molar-refractivity contribution in [3.05, 3.63) is 48.0 Å². The Kier molecular flexibility index (Phi) is 5.69. The number of benzene rings is 2. The van der Waals surface area contributed by atoms with Crippen LogP contribution < -0.4 is 10.6 Å². The maximum Gasteiger partial charge on any atom is 0.391 e. The number of rotatable bonds is 3. The van der Waals surface area contributed by atoms with Gasteiger partial charge >= 0.3 is 6.18 Å². The quantitative estimate of drug-likeness (QED) is 0.616. The second-order valence-electron chi connectivity index (χ2n) is 6.80. The number of hydrogen-bond donors (Lipinski definition) is 2. The van der Waals surface area contributed by atoms with Crippen LogP contribution in [0.15, 0.2) is 47.5 Å². The number of nitrogens with zero attached hydrogens (tertiary/aromatic N) is 1. The average molecular weight is 363 g/mol. The summed E-state index contributed by atoms with van der Waals surface area (Å²) in [5.74, 6) is -0.528. The van der Waals surface area contributed by atoms with Crippen molar-refractivity contribution in [3.8, 4) is 0 Å². The van der Waals surface area contributed by atoms with E-state index < -0.39 is 12.1 Å². The lowest BCUT2D eigenvalue weighted by Gasteiger charge is -2.31. The van der Waals surface area contributed by atoms with Crippen molar-refractivity contribution in [2.24, 2.45) is 10.9 Å². The number of nitrogens with one attached hydrogen (secondary N) is 2. The molecule has 0 spiro atoms. The molecule has 2 aromatic rings. The van der Waals surface area contributed by atoms with Crippen molar-refractivity contribution in [1.29, 1.82) is 0 Å². The molecular formula is C20H24F3N3. The van der Waals surface area contributed by atoms with E-state index in [1.807, 2.05) is 18.2 Å². The SMILES string of the molecule is CN=C(NCc1cccc2ccccc12)NC1CCC(C(F)(F)F)CC1. The van der Waals surface area contributed by atoms with E-state index in [4.69, 9.17) is 0 Å². The van der Waals surface area contributed by atoms with E-state index in [1.54, 1.807) is 7.05 Å². The van der Waals surface area contributed by atoms with Gasteiger partial charge in [-0.2, -0.15) is 13.2 Å². The Morgan fingerprint density at radius 2 is 1.73 bits per heavy atom. The van der Waals surface area contributed by atoms with Crippen LogP contribution in [0.1, 0.15) is 31.2 Å². The molecule has 0 aliphatic heterocycles. The summed E-state index contributed by atoms with van der Waals surface area (Å²) in [5, 5.41) is 8.92. The minimum absolute atomic E-state index is 0.0346. The van der Waals surface area contributed by atoms with Crippen LogP contribution in [-0.4, -0.2) is 25.2 Å². The highest BCUT2D eigenvalue weighted by atomic mass is 19.4. The Labute approximate surface area is 151 Å². The monoisotopic (exact) mass is 363 g/mol. The normalized spacial score (nSPS) is 21.6. The molecule has 6 heteroatoms. The summed E-state index contributed by atoms with van der Waals surface area (Å²) in [6.45, 7) is 0.610. The lowest BCUT2D eigenvalue weighted by atomic mass is 9.85. The number of aliphatic imine (C=N–C) groups is 1. The zero-order valence-electron chi connectivity index (χ0n) is 14.8. The van der Waals surface area contributed by atoms with Gasteiger partial charge in [0.25, 0.3) is 0 Å². The molecule has 0 saturated heterocycles. The van der Waals surface area contributed by atoms with Crippen LogP contribution in [0.2, 0.25) is 0 Å². The molecule has 2 aromatic carbocycles. The van der Waals surface area contributed by atoms with Gasteiger partial charge in [-0.3, -0.25) is 4.99 Å². The van der Waals surface area contributed by atoms with E-state index in [-0.39, 0.29) is 18.9 Å². The molecule has 1 saturated carbocycles. The molecule has 0 atom stereocenters.